The van der Waals surface area contributed by atoms with Crippen LogP contribution < -0.4 is 5.32 Å². The molecule has 3 heterocycles. The van der Waals surface area contributed by atoms with E-state index in [1.165, 1.54) is 25.0 Å². The van der Waals surface area contributed by atoms with E-state index in [2.05, 4.69) is 51.8 Å². The lowest BCUT2D eigenvalue weighted by molar-refractivity contribution is 0.301. The zero-order valence-corrected chi connectivity index (χ0v) is 16.0. The average Bonchev–Trinajstić information content (AvgIpc) is 3.27. The first kappa shape index (κ1) is 17.1. The molecule has 3 aromatic rings. The largest absolute Gasteiger partial charge is 0.368 e. The fourth-order valence-corrected chi connectivity index (χ4v) is 4.02. The number of nitrogens with one attached hydrogen (secondary N) is 1. The van der Waals surface area contributed by atoms with E-state index in [-0.39, 0.29) is 0 Å². The molecule has 28 heavy (non-hydrogen) atoms. The molecule has 6 nitrogen and oxygen atoms in total. The molecular formula is C22H24N6. The second-order valence-corrected chi connectivity index (χ2v) is 7.54. The summed E-state index contributed by atoms with van der Waals surface area (Å²) in [5.41, 5.74) is 4.04. The van der Waals surface area contributed by atoms with Crippen molar-refractivity contribution < 1.29 is 0 Å². The van der Waals surface area contributed by atoms with Gasteiger partial charge >= 0.3 is 0 Å². The van der Waals surface area contributed by atoms with Gasteiger partial charge in [-0.2, -0.15) is 4.52 Å². The Morgan fingerprint density at radius 3 is 2.75 bits per heavy atom. The first-order chi connectivity index (χ1) is 13.8. The van der Waals surface area contributed by atoms with Crippen molar-refractivity contribution in [1.82, 2.24) is 24.7 Å². The minimum Gasteiger partial charge on any atom is -0.368 e. The maximum atomic E-state index is 4.89. The van der Waals surface area contributed by atoms with E-state index in [0.717, 1.165) is 41.4 Å². The lowest BCUT2D eigenvalue weighted by Gasteiger charge is -2.20. The van der Waals surface area contributed by atoms with E-state index >= 15 is 0 Å². The van der Waals surface area contributed by atoms with Crippen LogP contribution in [0.15, 0.2) is 54.6 Å². The number of nitrogens with zero attached hydrogens (tertiary/aromatic N) is 5. The third-order valence-corrected chi connectivity index (χ3v) is 5.73. The van der Waals surface area contributed by atoms with E-state index < -0.39 is 0 Å². The topological polar surface area (TPSA) is 58.4 Å². The maximum Gasteiger partial charge on any atom is 0.185 e. The van der Waals surface area contributed by atoms with Crippen molar-refractivity contribution in [2.24, 2.45) is 0 Å². The van der Waals surface area contributed by atoms with Crippen molar-refractivity contribution in [1.29, 1.82) is 0 Å². The molecule has 6 heteroatoms. The van der Waals surface area contributed by atoms with Gasteiger partial charge in [0.1, 0.15) is 0 Å². The Kier molecular flexibility index (Phi) is 4.41. The van der Waals surface area contributed by atoms with Gasteiger partial charge < -0.3 is 10.2 Å². The van der Waals surface area contributed by atoms with E-state index in [0.29, 0.717) is 6.04 Å². The summed E-state index contributed by atoms with van der Waals surface area (Å²) < 4.78 is 1.84. The van der Waals surface area contributed by atoms with Gasteiger partial charge in [-0.1, -0.05) is 48.6 Å². The number of benzene rings is 1. The van der Waals surface area contributed by atoms with Crippen LogP contribution in [-0.4, -0.2) is 50.9 Å². The molecule has 2 aromatic heterocycles. The summed E-state index contributed by atoms with van der Waals surface area (Å²) in [6, 6.07) is 12.8. The molecule has 5 rings (SSSR count). The molecule has 1 aliphatic carbocycles. The summed E-state index contributed by atoms with van der Waals surface area (Å²) >= 11 is 0. The fourth-order valence-electron chi connectivity index (χ4n) is 4.02. The molecule has 142 valence electrons. The molecule has 0 bridgehead atoms. The molecule has 1 saturated heterocycles. The van der Waals surface area contributed by atoms with Gasteiger partial charge in [0.2, 0.25) is 0 Å². The van der Waals surface area contributed by atoms with Crippen molar-refractivity contribution in [2.75, 3.05) is 25.5 Å². The van der Waals surface area contributed by atoms with Gasteiger partial charge in [-0.3, -0.25) is 0 Å². The quantitative estimate of drug-likeness (QED) is 0.716. The zero-order chi connectivity index (χ0) is 18.9. The Labute approximate surface area is 164 Å². The van der Waals surface area contributed by atoms with Crippen LogP contribution in [0, 0.1) is 0 Å². The van der Waals surface area contributed by atoms with Crippen LogP contribution in [0.4, 0.5) is 5.82 Å². The number of aromatic nitrogens is 4. The first-order valence-electron chi connectivity index (χ1n) is 9.94. The van der Waals surface area contributed by atoms with Crippen LogP contribution in [0.1, 0.15) is 24.8 Å². The van der Waals surface area contributed by atoms with Gasteiger partial charge in [-0.05, 0) is 44.5 Å². The van der Waals surface area contributed by atoms with Gasteiger partial charge in [0.15, 0.2) is 17.3 Å². The third kappa shape index (κ3) is 3.10. The highest BCUT2D eigenvalue weighted by Crippen LogP contribution is 2.30. The minimum absolute atomic E-state index is 0.664. The Hall–Kier alpha value is -2.99. The normalized spacial score (nSPS) is 19.0. The van der Waals surface area contributed by atoms with Crippen LogP contribution in [0.5, 0.6) is 0 Å². The van der Waals surface area contributed by atoms with Crippen LogP contribution >= 0.6 is 0 Å². The predicted molar refractivity (Wildman–Crippen MR) is 112 cm³/mol. The van der Waals surface area contributed by atoms with Gasteiger partial charge in [0.25, 0.3) is 0 Å². The van der Waals surface area contributed by atoms with Gasteiger partial charge in [0.05, 0.1) is 0 Å². The summed E-state index contributed by atoms with van der Waals surface area (Å²) in [6.45, 7) is 2.11. The highest BCUT2D eigenvalue weighted by Gasteiger charge is 2.21. The molecule has 0 radical (unpaired) electrons. The Morgan fingerprint density at radius 1 is 1.18 bits per heavy atom. The lowest BCUT2D eigenvalue weighted by atomic mass is 10.0. The third-order valence-electron chi connectivity index (χ3n) is 5.73. The van der Waals surface area contributed by atoms with E-state index in [1.54, 1.807) is 0 Å². The second kappa shape index (κ2) is 7.20. The highest BCUT2D eigenvalue weighted by molar-refractivity contribution is 5.87. The molecule has 1 fully saturated rings. The summed E-state index contributed by atoms with van der Waals surface area (Å²) in [7, 11) is 2.22. The predicted octanol–water partition coefficient (Wildman–Crippen LogP) is 3.64. The van der Waals surface area contributed by atoms with Crippen LogP contribution in [0.25, 0.3) is 22.6 Å². The zero-order valence-electron chi connectivity index (χ0n) is 16.0. The first-order valence-corrected chi connectivity index (χ1v) is 9.94. The second-order valence-electron chi connectivity index (χ2n) is 7.54. The number of rotatable bonds is 6. The Morgan fingerprint density at radius 2 is 2.04 bits per heavy atom. The van der Waals surface area contributed by atoms with Crippen molar-refractivity contribution in [3.63, 3.8) is 0 Å². The van der Waals surface area contributed by atoms with Gasteiger partial charge in [0, 0.05) is 23.7 Å². The van der Waals surface area contributed by atoms with Crippen LogP contribution in [-0.2, 0) is 0 Å². The monoisotopic (exact) mass is 372 g/mol. The Bertz CT molecular complexity index is 1050. The van der Waals surface area contributed by atoms with Crippen molar-refractivity contribution in [2.45, 2.75) is 25.3 Å². The number of hydrogen-bond acceptors (Lipinski definition) is 5. The minimum atomic E-state index is 0.664. The highest BCUT2D eigenvalue weighted by atomic mass is 15.4. The molecule has 0 spiro atoms. The molecule has 0 amide bonds. The van der Waals surface area contributed by atoms with E-state index in [1.807, 2.05) is 34.8 Å². The van der Waals surface area contributed by atoms with Crippen molar-refractivity contribution >= 4 is 17.0 Å². The van der Waals surface area contributed by atoms with Gasteiger partial charge in [-0.25, -0.2) is 0 Å². The maximum absolute atomic E-state index is 4.89. The van der Waals surface area contributed by atoms with E-state index in [9.17, 15) is 0 Å². The SMILES string of the molecule is CN1CCCC1CCNc1nn2c(-c3ccccc3)nnc2cc1C1=CC=C1. The molecule has 1 unspecified atom stereocenters. The fraction of sp³-hybridized carbons (Fsp3) is 0.318. The van der Waals surface area contributed by atoms with Crippen molar-refractivity contribution in [3.05, 3.63) is 60.2 Å². The summed E-state index contributed by atoms with van der Waals surface area (Å²) in [4.78, 5) is 2.46. The number of fused-ring (bicyclic) bond motifs is 1. The molecule has 1 aliphatic heterocycles. The molecule has 1 atom stereocenters. The molecule has 1 aromatic carbocycles. The molecule has 0 saturated carbocycles. The lowest BCUT2D eigenvalue weighted by Crippen LogP contribution is -2.27. The number of anilines is 1. The summed E-state index contributed by atoms with van der Waals surface area (Å²) in [6.07, 6.45) is 9.98. The molecular weight excluding hydrogens is 348 g/mol. The molecule has 1 N–H and O–H groups in total. The van der Waals surface area contributed by atoms with Crippen LogP contribution in [0.2, 0.25) is 0 Å². The van der Waals surface area contributed by atoms with Gasteiger partial charge in [-0.15, -0.1) is 15.3 Å². The standard InChI is InChI=1S/C22H24N6/c1-27-14-6-11-18(27)12-13-23-21-19(16-9-5-10-16)15-20-24-25-22(28(20)26-21)17-7-3-2-4-8-17/h2-5,7-10,15,18H,6,11-14H2,1H3,(H,23,26). The van der Waals surface area contributed by atoms with Crippen LogP contribution in [0.3, 0.4) is 0 Å². The summed E-state index contributed by atoms with van der Waals surface area (Å²) in [5.74, 6) is 1.65. The number of likely N-dealkylation sites (tertiary alicyclic amines) is 1. The average molecular weight is 372 g/mol. The Balaban J connectivity index is 1.46. The smallest absolute Gasteiger partial charge is 0.185 e. The van der Waals surface area contributed by atoms with E-state index in [4.69, 9.17) is 5.10 Å². The summed E-state index contributed by atoms with van der Waals surface area (Å²) in [5, 5.41) is 17.2. The molecule has 2 aliphatic rings. The number of allylic oxidation sites excluding steroid dienone is 4. The number of hydrogen-bond donors (Lipinski definition) is 1. The van der Waals surface area contributed by atoms with Crippen molar-refractivity contribution in [3.8, 4) is 11.4 Å².